The number of guanidine groups is 1. The topological polar surface area (TPSA) is 42.9 Å². The van der Waals surface area contributed by atoms with Crippen LogP contribution in [-0.2, 0) is 6.54 Å². The van der Waals surface area contributed by atoms with Gasteiger partial charge >= 0.3 is 0 Å². The van der Waals surface area contributed by atoms with E-state index in [9.17, 15) is 0 Å². The van der Waals surface area contributed by atoms with Gasteiger partial charge in [-0.2, -0.15) is 0 Å². The molecule has 156 valence electrons. The summed E-state index contributed by atoms with van der Waals surface area (Å²) in [6, 6.07) is 19.5. The molecule has 2 aromatic rings. The van der Waals surface area contributed by atoms with Crippen molar-refractivity contribution in [2.75, 3.05) is 45.6 Å². The fourth-order valence-electron chi connectivity index (χ4n) is 3.65. The summed E-state index contributed by atoms with van der Waals surface area (Å²) in [5.41, 5.74) is 3.54. The molecular weight excluding hydrogens is 358 g/mol. The lowest BCUT2D eigenvalue weighted by molar-refractivity contribution is 0.147. The lowest BCUT2D eigenvalue weighted by Gasteiger charge is -2.35. The predicted octanol–water partition coefficient (Wildman–Crippen LogP) is 3.58. The molecule has 2 N–H and O–H groups in total. The van der Waals surface area contributed by atoms with Crippen LogP contribution in [0.4, 0.5) is 5.69 Å². The summed E-state index contributed by atoms with van der Waals surface area (Å²) in [6.07, 6.45) is 2.51. The van der Waals surface area contributed by atoms with Crippen LogP contribution in [0.5, 0.6) is 0 Å². The third-order valence-electron chi connectivity index (χ3n) is 5.58. The molecule has 0 saturated carbocycles. The largest absolute Gasteiger partial charge is 0.355 e. The third kappa shape index (κ3) is 7.18. The van der Waals surface area contributed by atoms with Crippen molar-refractivity contribution in [3.05, 3.63) is 65.7 Å². The molecule has 0 radical (unpaired) electrons. The highest BCUT2D eigenvalue weighted by atomic mass is 15.2. The molecule has 0 unspecified atom stereocenters. The maximum absolute atomic E-state index is 4.81. The van der Waals surface area contributed by atoms with Crippen LogP contribution in [0.2, 0.25) is 0 Å². The molecule has 2 aromatic carbocycles. The van der Waals surface area contributed by atoms with Gasteiger partial charge < -0.3 is 20.4 Å². The van der Waals surface area contributed by atoms with Crippen molar-refractivity contribution in [3.8, 4) is 0 Å². The SMILES string of the molecule is Cc1ccc(CN=C(NCCN2CCC(N(C)C)CC2)Nc2ccccc2)cc1. The van der Waals surface area contributed by atoms with E-state index in [1.54, 1.807) is 0 Å². The number of aliphatic imine (C=N–C) groups is 1. The number of rotatable bonds is 7. The highest BCUT2D eigenvalue weighted by molar-refractivity contribution is 5.93. The van der Waals surface area contributed by atoms with E-state index in [2.05, 4.69) is 77.9 Å². The van der Waals surface area contributed by atoms with E-state index in [4.69, 9.17) is 4.99 Å². The molecular formula is C24H35N5. The lowest BCUT2D eigenvalue weighted by Crippen LogP contribution is -2.45. The van der Waals surface area contributed by atoms with Crippen molar-refractivity contribution >= 4 is 11.6 Å². The van der Waals surface area contributed by atoms with Gasteiger partial charge in [-0.15, -0.1) is 0 Å². The third-order valence-corrected chi connectivity index (χ3v) is 5.58. The molecule has 0 aromatic heterocycles. The van der Waals surface area contributed by atoms with Gasteiger partial charge in [0.05, 0.1) is 6.54 Å². The van der Waals surface area contributed by atoms with Crippen molar-refractivity contribution in [1.29, 1.82) is 0 Å². The number of hydrogen-bond acceptors (Lipinski definition) is 3. The van der Waals surface area contributed by atoms with Crippen molar-refractivity contribution in [3.63, 3.8) is 0 Å². The van der Waals surface area contributed by atoms with Crippen LogP contribution in [0, 0.1) is 6.92 Å². The molecule has 1 heterocycles. The number of hydrogen-bond donors (Lipinski definition) is 2. The fraction of sp³-hybridized carbons (Fsp3) is 0.458. The summed E-state index contributed by atoms with van der Waals surface area (Å²) in [7, 11) is 4.38. The van der Waals surface area contributed by atoms with Crippen LogP contribution in [0.3, 0.4) is 0 Å². The highest BCUT2D eigenvalue weighted by Gasteiger charge is 2.20. The number of nitrogens with zero attached hydrogens (tertiary/aromatic N) is 3. The molecule has 0 aliphatic carbocycles. The zero-order chi connectivity index (χ0) is 20.5. The highest BCUT2D eigenvalue weighted by Crippen LogP contribution is 2.13. The second-order valence-corrected chi connectivity index (χ2v) is 8.10. The Balaban J connectivity index is 1.53. The monoisotopic (exact) mass is 393 g/mol. The molecule has 1 saturated heterocycles. The Hall–Kier alpha value is -2.37. The molecule has 0 spiro atoms. The van der Waals surface area contributed by atoms with Crippen LogP contribution in [0.25, 0.3) is 0 Å². The minimum absolute atomic E-state index is 0.663. The summed E-state index contributed by atoms with van der Waals surface area (Å²) in [5, 5.41) is 6.95. The number of anilines is 1. The van der Waals surface area contributed by atoms with Gasteiger partial charge in [0.25, 0.3) is 0 Å². The normalized spacial score (nSPS) is 16.2. The summed E-state index contributed by atoms with van der Waals surface area (Å²) in [4.78, 5) is 9.71. The van der Waals surface area contributed by atoms with E-state index in [-0.39, 0.29) is 0 Å². The van der Waals surface area contributed by atoms with Gasteiger partial charge in [-0.1, -0.05) is 48.0 Å². The van der Waals surface area contributed by atoms with E-state index in [1.807, 2.05) is 18.2 Å². The molecule has 5 nitrogen and oxygen atoms in total. The van der Waals surface area contributed by atoms with E-state index < -0.39 is 0 Å². The smallest absolute Gasteiger partial charge is 0.196 e. The Bertz CT molecular complexity index is 747. The number of aryl methyl sites for hydroxylation is 1. The van der Waals surface area contributed by atoms with Crippen LogP contribution < -0.4 is 10.6 Å². The minimum atomic E-state index is 0.663. The Kier molecular flexibility index (Phi) is 8.08. The van der Waals surface area contributed by atoms with Crippen molar-refractivity contribution < 1.29 is 0 Å². The van der Waals surface area contributed by atoms with Gasteiger partial charge in [0.15, 0.2) is 5.96 Å². The lowest BCUT2D eigenvalue weighted by atomic mass is 10.0. The van der Waals surface area contributed by atoms with Crippen LogP contribution in [-0.4, -0.2) is 62.1 Å². The van der Waals surface area contributed by atoms with E-state index in [1.165, 1.54) is 37.1 Å². The number of piperidine rings is 1. The van der Waals surface area contributed by atoms with Gasteiger partial charge in [-0.25, -0.2) is 4.99 Å². The summed E-state index contributed by atoms with van der Waals surface area (Å²) in [6.45, 7) is 7.05. The van der Waals surface area contributed by atoms with Gasteiger partial charge in [0, 0.05) is 24.8 Å². The van der Waals surface area contributed by atoms with Crippen LogP contribution >= 0.6 is 0 Å². The molecule has 0 atom stereocenters. The van der Waals surface area contributed by atoms with Gasteiger partial charge in [0.2, 0.25) is 0 Å². The Morgan fingerprint density at radius 2 is 1.72 bits per heavy atom. The first-order valence-corrected chi connectivity index (χ1v) is 10.6. The van der Waals surface area contributed by atoms with Crippen molar-refractivity contribution in [1.82, 2.24) is 15.1 Å². The average molecular weight is 394 g/mol. The first-order chi connectivity index (χ1) is 14.1. The second-order valence-electron chi connectivity index (χ2n) is 8.10. The molecule has 1 aliphatic heterocycles. The van der Waals surface area contributed by atoms with Crippen LogP contribution in [0.1, 0.15) is 24.0 Å². The Morgan fingerprint density at radius 1 is 1.03 bits per heavy atom. The van der Waals surface area contributed by atoms with Crippen molar-refractivity contribution in [2.45, 2.75) is 32.4 Å². The molecule has 0 amide bonds. The van der Waals surface area contributed by atoms with Gasteiger partial charge in [0.1, 0.15) is 0 Å². The van der Waals surface area contributed by atoms with Crippen molar-refractivity contribution in [2.24, 2.45) is 4.99 Å². The minimum Gasteiger partial charge on any atom is -0.355 e. The Morgan fingerprint density at radius 3 is 2.38 bits per heavy atom. The molecule has 1 aliphatic rings. The molecule has 0 bridgehead atoms. The van der Waals surface area contributed by atoms with E-state index in [0.29, 0.717) is 6.54 Å². The van der Waals surface area contributed by atoms with E-state index in [0.717, 1.165) is 30.8 Å². The van der Waals surface area contributed by atoms with Gasteiger partial charge in [-0.05, 0) is 64.6 Å². The van der Waals surface area contributed by atoms with Crippen LogP contribution in [0.15, 0.2) is 59.6 Å². The quantitative estimate of drug-likeness (QED) is 0.557. The molecule has 1 fully saturated rings. The maximum Gasteiger partial charge on any atom is 0.196 e. The first kappa shape index (κ1) is 21.3. The zero-order valence-corrected chi connectivity index (χ0v) is 18.1. The molecule has 3 rings (SSSR count). The number of likely N-dealkylation sites (tertiary alicyclic amines) is 1. The van der Waals surface area contributed by atoms with Gasteiger partial charge in [-0.3, -0.25) is 0 Å². The molecule has 5 heteroatoms. The summed E-state index contributed by atoms with van der Waals surface area (Å²) < 4.78 is 0. The molecule has 29 heavy (non-hydrogen) atoms. The number of nitrogens with one attached hydrogen (secondary N) is 2. The maximum atomic E-state index is 4.81. The first-order valence-electron chi connectivity index (χ1n) is 10.6. The summed E-state index contributed by atoms with van der Waals surface area (Å²) >= 11 is 0. The van der Waals surface area contributed by atoms with E-state index >= 15 is 0 Å². The standard InChI is InChI=1S/C24H35N5/c1-20-9-11-21(12-10-20)19-26-24(27-22-7-5-4-6-8-22)25-15-18-29-16-13-23(14-17-29)28(2)3/h4-12,23H,13-19H2,1-3H3,(H2,25,26,27). The second kappa shape index (κ2) is 11.0. The Labute approximate surface area is 175 Å². The zero-order valence-electron chi connectivity index (χ0n) is 18.1. The average Bonchev–Trinajstić information content (AvgIpc) is 2.74. The number of benzene rings is 2. The summed E-state index contributed by atoms with van der Waals surface area (Å²) in [5.74, 6) is 0.833. The fourth-order valence-corrected chi connectivity index (χ4v) is 3.65. The number of para-hydroxylation sites is 1. The predicted molar refractivity (Wildman–Crippen MR) is 124 cm³/mol.